The molecule has 3 heteroatoms. The molecule has 0 saturated carbocycles. The molecule has 2 N–H and O–H groups in total. The van der Waals surface area contributed by atoms with Gasteiger partial charge in [0, 0.05) is 0 Å². The zero-order valence-corrected chi connectivity index (χ0v) is 14.2. The molecule has 0 aliphatic heterocycles. The number of ether oxygens (including phenoxy) is 1. The van der Waals surface area contributed by atoms with Gasteiger partial charge in [0.1, 0.15) is 12.4 Å². The van der Waals surface area contributed by atoms with Gasteiger partial charge < -0.3 is 10.5 Å². The molecule has 0 atom stereocenters. The number of hydrogen-bond donors (Lipinski definition) is 1. The molecule has 22 heavy (non-hydrogen) atoms. The van der Waals surface area contributed by atoms with Crippen LogP contribution in [0.5, 0.6) is 5.75 Å². The molecular weight excluding hydrogens is 274 g/mol. The summed E-state index contributed by atoms with van der Waals surface area (Å²) in [6.45, 7) is 10.4. The van der Waals surface area contributed by atoms with Crippen LogP contribution in [0.2, 0.25) is 0 Å². The minimum absolute atomic E-state index is 0.413. The van der Waals surface area contributed by atoms with Crippen LogP contribution in [0.25, 0.3) is 0 Å². The topological polar surface area (TPSA) is 52.3 Å². The molecule has 0 fully saturated rings. The fraction of sp³-hybridized carbons (Fsp3) is 0.316. The number of benzene rings is 2. The number of carbonyl (C=O) groups is 1. The number of amides is 1. The first-order chi connectivity index (χ1) is 10.7. The molecule has 2 aromatic rings. The quantitative estimate of drug-likeness (QED) is 0.888. The Labute approximate surface area is 134 Å². The first-order valence-corrected chi connectivity index (χ1v) is 7.74. The molecule has 0 unspecified atom stereocenters. The molecular formula is C19H27NO2. The van der Waals surface area contributed by atoms with Crippen LogP contribution in [-0.2, 0) is 6.61 Å². The third-order valence-corrected chi connectivity index (χ3v) is 2.64. The molecule has 2 aromatic carbocycles. The summed E-state index contributed by atoms with van der Waals surface area (Å²) in [7, 11) is 0. The number of aryl methyl sites for hydroxylation is 1. The first kappa shape index (κ1) is 19.7. The summed E-state index contributed by atoms with van der Waals surface area (Å²) in [6, 6.07) is 15.1. The molecule has 0 heterocycles. The Kier molecular flexibility index (Phi) is 10.2. The number of primary amides is 1. The second-order valence-electron chi connectivity index (χ2n) is 4.14. The van der Waals surface area contributed by atoms with Crippen molar-refractivity contribution >= 4 is 5.91 Å². The predicted octanol–water partition coefficient (Wildman–Crippen LogP) is 4.73. The van der Waals surface area contributed by atoms with E-state index < -0.39 is 5.91 Å². The SMILES string of the molecule is CC.CC.Cc1ccc(C(N)=O)c(OCc2ccccc2)c1. The summed E-state index contributed by atoms with van der Waals surface area (Å²) in [5.41, 5.74) is 7.81. The second-order valence-corrected chi connectivity index (χ2v) is 4.14. The van der Waals surface area contributed by atoms with Gasteiger partial charge in [0.25, 0.3) is 5.91 Å². The fourth-order valence-corrected chi connectivity index (χ4v) is 1.69. The van der Waals surface area contributed by atoms with Gasteiger partial charge in [-0.25, -0.2) is 0 Å². The standard InChI is InChI=1S/C15H15NO2.2C2H6/c1-11-7-8-13(15(16)17)14(9-11)18-10-12-5-3-2-4-6-12;2*1-2/h2-9H,10H2,1H3,(H2,16,17);2*1-2H3. The van der Waals surface area contributed by atoms with Crippen LogP contribution >= 0.6 is 0 Å². The van der Waals surface area contributed by atoms with Crippen LogP contribution in [0.1, 0.15) is 49.2 Å². The molecule has 1 amide bonds. The highest BCUT2D eigenvalue weighted by Crippen LogP contribution is 2.21. The van der Waals surface area contributed by atoms with Crippen molar-refractivity contribution in [2.45, 2.75) is 41.2 Å². The van der Waals surface area contributed by atoms with Gasteiger partial charge in [-0.3, -0.25) is 4.79 Å². The zero-order chi connectivity index (χ0) is 17.0. The van der Waals surface area contributed by atoms with E-state index in [4.69, 9.17) is 10.5 Å². The smallest absolute Gasteiger partial charge is 0.252 e. The maximum Gasteiger partial charge on any atom is 0.252 e. The molecule has 0 saturated heterocycles. The average Bonchev–Trinajstić information content (AvgIpc) is 2.57. The maximum atomic E-state index is 11.3. The van der Waals surface area contributed by atoms with E-state index in [2.05, 4.69) is 0 Å². The lowest BCUT2D eigenvalue weighted by atomic mass is 10.1. The minimum Gasteiger partial charge on any atom is -0.488 e. The Morgan fingerprint density at radius 2 is 1.59 bits per heavy atom. The first-order valence-electron chi connectivity index (χ1n) is 7.74. The van der Waals surface area contributed by atoms with E-state index in [-0.39, 0.29) is 0 Å². The van der Waals surface area contributed by atoms with E-state index in [1.54, 1.807) is 6.07 Å². The second kappa shape index (κ2) is 11.4. The Hall–Kier alpha value is -2.29. The lowest BCUT2D eigenvalue weighted by Crippen LogP contribution is -2.13. The van der Waals surface area contributed by atoms with Gasteiger partial charge in [0.05, 0.1) is 5.56 Å². The fourth-order valence-electron chi connectivity index (χ4n) is 1.69. The Morgan fingerprint density at radius 3 is 2.14 bits per heavy atom. The van der Waals surface area contributed by atoms with Crippen LogP contribution in [0, 0.1) is 6.92 Å². The number of hydrogen-bond acceptors (Lipinski definition) is 2. The highest BCUT2D eigenvalue weighted by molar-refractivity contribution is 5.95. The van der Waals surface area contributed by atoms with Crippen molar-refractivity contribution in [3.05, 3.63) is 65.2 Å². The lowest BCUT2D eigenvalue weighted by molar-refractivity contribution is 0.0996. The van der Waals surface area contributed by atoms with Crippen LogP contribution in [0.4, 0.5) is 0 Å². The van der Waals surface area contributed by atoms with Crippen LogP contribution in [-0.4, -0.2) is 5.91 Å². The van der Waals surface area contributed by atoms with Gasteiger partial charge >= 0.3 is 0 Å². The van der Waals surface area contributed by atoms with E-state index in [1.165, 1.54) is 0 Å². The molecule has 0 aliphatic carbocycles. The Morgan fingerprint density at radius 1 is 1.00 bits per heavy atom. The summed E-state index contributed by atoms with van der Waals surface area (Å²) >= 11 is 0. The third-order valence-electron chi connectivity index (χ3n) is 2.64. The van der Waals surface area contributed by atoms with E-state index in [0.717, 1.165) is 11.1 Å². The van der Waals surface area contributed by atoms with Gasteiger partial charge in [0.15, 0.2) is 0 Å². The summed E-state index contributed by atoms with van der Waals surface area (Å²) in [5.74, 6) is 0.0596. The Bertz CT molecular complexity index is 551. The van der Waals surface area contributed by atoms with Gasteiger partial charge in [-0.1, -0.05) is 64.1 Å². The average molecular weight is 301 g/mol. The molecule has 0 bridgehead atoms. The maximum absolute atomic E-state index is 11.3. The van der Waals surface area contributed by atoms with E-state index in [0.29, 0.717) is 17.9 Å². The lowest BCUT2D eigenvalue weighted by Gasteiger charge is -2.10. The number of rotatable bonds is 4. The summed E-state index contributed by atoms with van der Waals surface area (Å²) in [5, 5.41) is 0. The van der Waals surface area contributed by atoms with E-state index in [9.17, 15) is 4.79 Å². The zero-order valence-electron chi connectivity index (χ0n) is 14.2. The van der Waals surface area contributed by atoms with Crippen molar-refractivity contribution in [2.75, 3.05) is 0 Å². The number of carbonyl (C=O) groups excluding carboxylic acids is 1. The van der Waals surface area contributed by atoms with Crippen molar-refractivity contribution in [1.82, 2.24) is 0 Å². The summed E-state index contributed by atoms with van der Waals surface area (Å²) in [4.78, 5) is 11.3. The van der Waals surface area contributed by atoms with Crippen molar-refractivity contribution in [3.63, 3.8) is 0 Å². The minimum atomic E-state index is -0.474. The molecule has 0 radical (unpaired) electrons. The van der Waals surface area contributed by atoms with Gasteiger partial charge in [-0.2, -0.15) is 0 Å². The van der Waals surface area contributed by atoms with Crippen LogP contribution in [0.15, 0.2) is 48.5 Å². The van der Waals surface area contributed by atoms with Crippen molar-refractivity contribution in [1.29, 1.82) is 0 Å². The van der Waals surface area contributed by atoms with Crippen LogP contribution < -0.4 is 10.5 Å². The Balaban J connectivity index is 0.00000102. The summed E-state index contributed by atoms with van der Waals surface area (Å²) in [6.07, 6.45) is 0. The molecule has 3 nitrogen and oxygen atoms in total. The monoisotopic (exact) mass is 301 g/mol. The third kappa shape index (κ3) is 6.44. The molecule has 0 spiro atoms. The predicted molar refractivity (Wildman–Crippen MR) is 93.2 cm³/mol. The largest absolute Gasteiger partial charge is 0.488 e. The van der Waals surface area contributed by atoms with E-state index >= 15 is 0 Å². The number of nitrogens with two attached hydrogens (primary N) is 1. The normalized spacial score (nSPS) is 8.77. The van der Waals surface area contributed by atoms with E-state index in [1.807, 2.05) is 77.1 Å². The van der Waals surface area contributed by atoms with Gasteiger partial charge in [0.2, 0.25) is 0 Å². The highest BCUT2D eigenvalue weighted by Gasteiger charge is 2.09. The van der Waals surface area contributed by atoms with Crippen molar-refractivity contribution in [2.24, 2.45) is 5.73 Å². The van der Waals surface area contributed by atoms with Crippen molar-refractivity contribution in [3.8, 4) is 5.75 Å². The molecule has 2 rings (SSSR count). The molecule has 0 aliphatic rings. The molecule has 120 valence electrons. The highest BCUT2D eigenvalue weighted by atomic mass is 16.5. The van der Waals surface area contributed by atoms with Crippen LogP contribution in [0.3, 0.4) is 0 Å². The van der Waals surface area contributed by atoms with Crippen molar-refractivity contribution < 1.29 is 9.53 Å². The van der Waals surface area contributed by atoms with Gasteiger partial charge in [-0.05, 0) is 30.2 Å². The van der Waals surface area contributed by atoms with Gasteiger partial charge in [-0.15, -0.1) is 0 Å². The molecule has 0 aromatic heterocycles. The summed E-state index contributed by atoms with van der Waals surface area (Å²) < 4.78 is 5.66.